The van der Waals surface area contributed by atoms with E-state index in [1.54, 1.807) is 0 Å². The van der Waals surface area contributed by atoms with Crippen LogP contribution in [0.5, 0.6) is 0 Å². The van der Waals surface area contributed by atoms with E-state index >= 15 is 0 Å². The van der Waals surface area contributed by atoms with Crippen LogP contribution in [-0.4, -0.2) is 24.5 Å². The number of thioether (sulfide) groups is 1. The molecule has 3 heteroatoms. The first kappa shape index (κ1) is 12.9. The molecule has 94 valence electrons. The Morgan fingerprint density at radius 3 is 3.00 bits per heavy atom. The zero-order valence-electron chi connectivity index (χ0n) is 10.4. The van der Waals surface area contributed by atoms with Gasteiger partial charge in [0.25, 0.3) is 0 Å². The topological polar surface area (TPSA) is 35.2 Å². The van der Waals surface area contributed by atoms with E-state index in [9.17, 15) is 0 Å². The number of ether oxygens (including phenoxy) is 1. The van der Waals surface area contributed by atoms with Gasteiger partial charge in [-0.2, -0.15) is 0 Å². The van der Waals surface area contributed by atoms with Crippen LogP contribution < -0.4 is 5.73 Å². The van der Waals surface area contributed by atoms with Gasteiger partial charge in [-0.15, -0.1) is 11.8 Å². The molecule has 1 aliphatic heterocycles. The maximum atomic E-state index is 5.88. The molecule has 0 amide bonds. The molecular formula is C14H21NOS. The first-order valence-electron chi connectivity index (χ1n) is 6.33. The number of hydrogen-bond donors (Lipinski definition) is 1. The van der Waals surface area contributed by atoms with E-state index in [2.05, 4.69) is 31.2 Å². The molecule has 0 saturated carbocycles. The summed E-state index contributed by atoms with van der Waals surface area (Å²) in [6, 6.07) is 8.79. The fraction of sp³-hybridized carbons (Fsp3) is 0.571. The fourth-order valence-corrected chi connectivity index (χ4v) is 3.26. The van der Waals surface area contributed by atoms with Crippen LogP contribution in [0.3, 0.4) is 0 Å². The molecule has 0 aromatic heterocycles. The van der Waals surface area contributed by atoms with Crippen molar-refractivity contribution in [3.05, 3.63) is 29.8 Å². The lowest BCUT2D eigenvalue weighted by atomic mass is 10.1. The van der Waals surface area contributed by atoms with E-state index in [1.807, 2.05) is 11.8 Å². The summed E-state index contributed by atoms with van der Waals surface area (Å²) in [5.41, 5.74) is 7.24. The monoisotopic (exact) mass is 251 g/mol. The first-order chi connectivity index (χ1) is 8.25. The van der Waals surface area contributed by atoms with Crippen molar-refractivity contribution in [3.63, 3.8) is 0 Å². The molecule has 1 fully saturated rings. The molecule has 1 saturated heterocycles. The van der Waals surface area contributed by atoms with Gasteiger partial charge in [0.2, 0.25) is 0 Å². The molecule has 0 radical (unpaired) electrons. The average Bonchev–Trinajstić information content (AvgIpc) is 2.80. The normalized spacial score (nSPS) is 21.6. The minimum absolute atomic E-state index is 0.222. The summed E-state index contributed by atoms with van der Waals surface area (Å²) in [6.07, 6.45) is 3.83. The van der Waals surface area contributed by atoms with Crippen LogP contribution in [-0.2, 0) is 11.2 Å². The summed E-state index contributed by atoms with van der Waals surface area (Å²) in [4.78, 5) is 1.36. The predicted octanol–water partition coefficient (Wildman–Crippen LogP) is 2.85. The second-order valence-corrected chi connectivity index (χ2v) is 5.80. The van der Waals surface area contributed by atoms with Crippen molar-refractivity contribution >= 4 is 11.8 Å². The molecule has 0 spiro atoms. The molecule has 1 aromatic carbocycles. The highest BCUT2D eigenvalue weighted by atomic mass is 32.2. The van der Waals surface area contributed by atoms with E-state index in [0.717, 1.165) is 18.8 Å². The minimum atomic E-state index is 0.222. The summed E-state index contributed by atoms with van der Waals surface area (Å²) in [5, 5.41) is 0. The molecule has 2 atom stereocenters. The van der Waals surface area contributed by atoms with Crippen molar-refractivity contribution in [2.24, 2.45) is 5.73 Å². The average molecular weight is 251 g/mol. The van der Waals surface area contributed by atoms with Crippen LogP contribution in [0.4, 0.5) is 0 Å². The van der Waals surface area contributed by atoms with Crippen molar-refractivity contribution in [1.29, 1.82) is 0 Å². The maximum absolute atomic E-state index is 5.88. The van der Waals surface area contributed by atoms with E-state index < -0.39 is 0 Å². The van der Waals surface area contributed by atoms with Crippen molar-refractivity contribution in [3.8, 4) is 0 Å². The van der Waals surface area contributed by atoms with Crippen LogP contribution in [0, 0.1) is 0 Å². The van der Waals surface area contributed by atoms with Crippen LogP contribution in [0.15, 0.2) is 29.2 Å². The lowest BCUT2D eigenvalue weighted by Gasteiger charge is -2.13. The largest absolute Gasteiger partial charge is 0.377 e. The van der Waals surface area contributed by atoms with E-state index in [1.165, 1.54) is 23.3 Å². The zero-order chi connectivity index (χ0) is 12.1. The molecule has 1 heterocycles. The Labute approximate surface area is 108 Å². The summed E-state index contributed by atoms with van der Waals surface area (Å²) in [6.45, 7) is 2.99. The minimum Gasteiger partial charge on any atom is -0.377 e. The molecule has 2 rings (SSSR count). The van der Waals surface area contributed by atoms with Crippen molar-refractivity contribution < 1.29 is 4.74 Å². The van der Waals surface area contributed by atoms with Gasteiger partial charge in [-0.05, 0) is 37.8 Å². The number of nitrogens with two attached hydrogens (primary N) is 1. The SMILES string of the molecule is CC(N)Cc1ccccc1SCC1CCCO1. The predicted molar refractivity (Wildman–Crippen MR) is 73.5 cm³/mol. The van der Waals surface area contributed by atoms with Gasteiger partial charge in [-0.25, -0.2) is 0 Å². The highest BCUT2D eigenvalue weighted by Gasteiger charge is 2.16. The van der Waals surface area contributed by atoms with Gasteiger partial charge in [0, 0.05) is 23.3 Å². The van der Waals surface area contributed by atoms with Crippen LogP contribution >= 0.6 is 11.8 Å². The molecule has 0 bridgehead atoms. The van der Waals surface area contributed by atoms with Crippen molar-refractivity contribution in [2.75, 3.05) is 12.4 Å². The molecule has 17 heavy (non-hydrogen) atoms. The van der Waals surface area contributed by atoms with Gasteiger partial charge >= 0.3 is 0 Å². The Hall–Kier alpha value is -0.510. The Bertz CT molecular complexity index is 348. The molecule has 2 nitrogen and oxygen atoms in total. The zero-order valence-corrected chi connectivity index (χ0v) is 11.2. The highest BCUT2D eigenvalue weighted by molar-refractivity contribution is 7.99. The number of benzene rings is 1. The Morgan fingerprint density at radius 1 is 1.47 bits per heavy atom. The summed E-state index contributed by atoms with van der Waals surface area (Å²) in [7, 11) is 0. The molecule has 0 aliphatic carbocycles. The standard InChI is InChI=1S/C14H21NOS/c1-11(15)9-12-5-2-3-7-14(12)17-10-13-6-4-8-16-13/h2-3,5,7,11,13H,4,6,8-10,15H2,1H3. The highest BCUT2D eigenvalue weighted by Crippen LogP contribution is 2.27. The van der Waals surface area contributed by atoms with Gasteiger partial charge in [-0.1, -0.05) is 18.2 Å². The second kappa shape index (κ2) is 6.43. The van der Waals surface area contributed by atoms with E-state index in [0.29, 0.717) is 6.10 Å². The molecule has 2 N–H and O–H groups in total. The third-order valence-electron chi connectivity index (χ3n) is 2.96. The van der Waals surface area contributed by atoms with Crippen LogP contribution in [0.1, 0.15) is 25.3 Å². The molecule has 2 unspecified atom stereocenters. The lowest BCUT2D eigenvalue weighted by molar-refractivity contribution is 0.129. The fourth-order valence-electron chi connectivity index (χ4n) is 2.12. The summed E-state index contributed by atoms with van der Waals surface area (Å²) in [5.74, 6) is 1.07. The van der Waals surface area contributed by atoms with Gasteiger partial charge in [0.05, 0.1) is 6.10 Å². The number of rotatable bonds is 5. The van der Waals surface area contributed by atoms with Crippen LogP contribution in [0.25, 0.3) is 0 Å². The molecule has 1 aromatic rings. The van der Waals surface area contributed by atoms with E-state index in [4.69, 9.17) is 10.5 Å². The third-order valence-corrected chi connectivity index (χ3v) is 4.21. The van der Waals surface area contributed by atoms with Gasteiger partial charge in [0.1, 0.15) is 0 Å². The van der Waals surface area contributed by atoms with Crippen molar-refractivity contribution in [1.82, 2.24) is 0 Å². The lowest BCUT2D eigenvalue weighted by Crippen LogP contribution is -2.18. The summed E-state index contributed by atoms with van der Waals surface area (Å²) >= 11 is 1.91. The van der Waals surface area contributed by atoms with Crippen LogP contribution in [0.2, 0.25) is 0 Å². The molecule has 1 aliphatic rings. The van der Waals surface area contributed by atoms with Gasteiger partial charge in [-0.3, -0.25) is 0 Å². The van der Waals surface area contributed by atoms with Gasteiger partial charge < -0.3 is 10.5 Å². The first-order valence-corrected chi connectivity index (χ1v) is 7.32. The third kappa shape index (κ3) is 4.02. The smallest absolute Gasteiger partial charge is 0.0669 e. The Kier molecular flexibility index (Phi) is 4.89. The van der Waals surface area contributed by atoms with Gasteiger partial charge in [0.15, 0.2) is 0 Å². The Balaban J connectivity index is 1.94. The van der Waals surface area contributed by atoms with E-state index in [-0.39, 0.29) is 6.04 Å². The maximum Gasteiger partial charge on any atom is 0.0669 e. The quantitative estimate of drug-likeness (QED) is 0.817. The number of hydrogen-bond acceptors (Lipinski definition) is 3. The van der Waals surface area contributed by atoms with Crippen molar-refractivity contribution in [2.45, 2.75) is 43.2 Å². The second-order valence-electron chi connectivity index (χ2n) is 4.74. The molecular weight excluding hydrogens is 230 g/mol. The summed E-state index contributed by atoms with van der Waals surface area (Å²) < 4.78 is 5.65. The Morgan fingerprint density at radius 2 is 2.29 bits per heavy atom.